The molecule has 3 aromatic rings. The molecular formula is C21H18ClN3OS. The molecule has 2 aromatic carbocycles. The van der Waals surface area contributed by atoms with Crippen molar-refractivity contribution in [1.82, 2.24) is 10.4 Å². The van der Waals surface area contributed by atoms with Crippen molar-refractivity contribution in [2.24, 2.45) is 5.10 Å². The molecular weight excluding hydrogens is 378 g/mol. The average molecular weight is 396 g/mol. The van der Waals surface area contributed by atoms with Gasteiger partial charge in [0.1, 0.15) is 0 Å². The van der Waals surface area contributed by atoms with Crippen LogP contribution in [0.1, 0.15) is 28.5 Å². The third kappa shape index (κ3) is 5.67. The molecule has 0 aliphatic carbocycles. The van der Waals surface area contributed by atoms with E-state index in [1.54, 1.807) is 37.0 Å². The number of hydrogen-bond donors (Lipinski definition) is 1. The Morgan fingerprint density at radius 3 is 2.48 bits per heavy atom. The zero-order valence-electron chi connectivity index (χ0n) is 14.7. The van der Waals surface area contributed by atoms with Gasteiger partial charge in [-0.15, -0.1) is 11.8 Å². The summed E-state index contributed by atoms with van der Waals surface area (Å²) in [5.41, 5.74) is 5.65. The normalized spacial score (nSPS) is 11.3. The molecule has 0 radical (unpaired) electrons. The Morgan fingerprint density at radius 2 is 1.81 bits per heavy atom. The van der Waals surface area contributed by atoms with Gasteiger partial charge in [-0.25, -0.2) is 5.43 Å². The Labute approximate surface area is 167 Å². The van der Waals surface area contributed by atoms with E-state index in [4.69, 9.17) is 11.6 Å². The predicted octanol–water partition coefficient (Wildman–Crippen LogP) is 5.18. The van der Waals surface area contributed by atoms with E-state index in [1.165, 1.54) is 0 Å². The van der Waals surface area contributed by atoms with E-state index in [9.17, 15) is 4.79 Å². The summed E-state index contributed by atoms with van der Waals surface area (Å²) in [6, 6.07) is 20.8. The average Bonchev–Trinajstić information content (AvgIpc) is 2.72. The summed E-state index contributed by atoms with van der Waals surface area (Å²) in [7, 11) is 0. The van der Waals surface area contributed by atoms with Gasteiger partial charge in [0.25, 0.3) is 5.91 Å². The van der Waals surface area contributed by atoms with Crippen LogP contribution >= 0.6 is 23.4 Å². The molecule has 0 saturated carbocycles. The van der Waals surface area contributed by atoms with Gasteiger partial charge in [-0.1, -0.05) is 29.8 Å². The zero-order chi connectivity index (χ0) is 19.1. The number of thioether (sulfide) groups is 1. The Balaban J connectivity index is 1.56. The van der Waals surface area contributed by atoms with Gasteiger partial charge in [0.2, 0.25) is 0 Å². The van der Waals surface area contributed by atoms with Crippen LogP contribution in [0.15, 0.2) is 82.9 Å². The van der Waals surface area contributed by atoms with E-state index < -0.39 is 0 Å². The fourth-order valence-corrected chi connectivity index (χ4v) is 3.26. The first kappa shape index (κ1) is 19.1. The van der Waals surface area contributed by atoms with Crippen molar-refractivity contribution in [1.29, 1.82) is 0 Å². The van der Waals surface area contributed by atoms with Crippen molar-refractivity contribution in [3.05, 3.63) is 94.8 Å². The third-order valence-electron chi connectivity index (χ3n) is 3.80. The minimum Gasteiger partial charge on any atom is -0.267 e. The van der Waals surface area contributed by atoms with Crippen LogP contribution in [0, 0.1) is 0 Å². The number of nitrogens with zero attached hydrogens (tertiary/aromatic N) is 2. The van der Waals surface area contributed by atoms with Gasteiger partial charge in [-0.3, -0.25) is 9.78 Å². The number of pyridine rings is 1. The summed E-state index contributed by atoms with van der Waals surface area (Å²) >= 11 is 7.62. The molecule has 1 N–H and O–H groups in total. The molecule has 1 heterocycles. The Bertz CT molecular complexity index is 926. The number of carbonyl (C=O) groups excluding carboxylic acids is 1. The lowest BCUT2D eigenvalue weighted by molar-refractivity contribution is 0.0955. The molecule has 1 aromatic heterocycles. The number of rotatable bonds is 6. The Kier molecular flexibility index (Phi) is 6.63. The van der Waals surface area contributed by atoms with Gasteiger partial charge in [0.15, 0.2) is 0 Å². The van der Waals surface area contributed by atoms with Gasteiger partial charge >= 0.3 is 0 Å². The lowest BCUT2D eigenvalue weighted by Gasteiger charge is -2.05. The summed E-state index contributed by atoms with van der Waals surface area (Å²) < 4.78 is 0. The van der Waals surface area contributed by atoms with Gasteiger partial charge in [0, 0.05) is 27.4 Å². The summed E-state index contributed by atoms with van der Waals surface area (Å²) in [5.74, 6) is 0.572. The quantitative estimate of drug-likeness (QED) is 0.355. The minimum absolute atomic E-state index is 0.248. The largest absolute Gasteiger partial charge is 0.271 e. The summed E-state index contributed by atoms with van der Waals surface area (Å²) in [4.78, 5) is 17.6. The number of aromatic nitrogens is 1. The van der Waals surface area contributed by atoms with Crippen molar-refractivity contribution in [2.45, 2.75) is 17.6 Å². The van der Waals surface area contributed by atoms with Gasteiger partial charge in [-0.05, 0) is 61.0 Å². The first-order chi connectivity index (χ1) is 13.1. The Morgan fingerprint density at radius 1 is 1.07 bits per heavy atom. The van der Waals surface area contributed by atoms with Crippen LogP contribution in [0.25, 0.3) is 0 Å². The zero-order valence-corrected chi connectivity index (χ0v) is 16.3. The highest BCUT2D eigenvalue weighted by Gasteiger charge is 2.06. The van der Waals surface area contributed by atoms with E-state index in [0.717, 1.165) is 26.9 Å². The maximum Gasteiger partial charge on any atom is 0.271 e. The second-order valence-electron chi connectivity index (χ2n) is 5.79. The van der Waals surface area contributed by atoms with E-state index in [-0.39, 0.29) is 5.91 Å². The second-order valence-corrected chi connectivity index (χ2v) is 7.28. The monoisotopic (exact) mass is 395 g/mol. The van der Waals surface area contributed by atoms with E-state index in [2.05, 4.69) is 15.5 Å². The molecule has 3 rings (SSSR count). The van der Waals surface area contributed by atoms with Crippen LogP contribution in [0.3, 0.4) is 0 Å². The number of benzene rings is 2. The van der Waals surface area contributed by atoms with E-state index in [0.29, 0.717) is 11.3 Å². The number of amides is 1. The fraction of sp³-hybridized carbons (Fsp3) is 0.0952. The highest BCUT2D eigenvalue weighted by atomic mass is 35.5. The van der Waals surface area contributed by atoms with Crippen molar-refractivity contribution in [2.75, 3.05) is 0 Å². The van der Waals surface area contributed by atoms with E-state index in [1.807, 2.05) is 54.6 Å². The molecule has 6 heteroatoms. The second kappa shape index (κ2) is 9.35. The predicted molar refractivity (Wildman–Crippen MR) is 111 cm³/mol. The van der Waals surface area contributed by atoms with Crippen LogP contribution in [-0.4, -0.2) is 16.6 Å². The molecule has 0 saturated heterocycles. The van der Waals surface area contributed by atoms with E-state index >= 15 is 0 Å². The molecule has 0 aliphatic rings. The van der Waals surface area contributed by atoms with Gasteiger partial charge in [-0.2, -0.15) is 5.10 Å². The molecule has 136 valence electrons. The highest BCUT2D eigenvalue weighted by molar-refractivity contribution is 7.98. The lowest BCUT2D eigenvalue weighted by Crippen LogP contribution is -2.19. The molecule has 0 unspecified atom stereocenters. The molecule has 0 spiro atoms. The molecule has 1 amide bonds. The minimum atomic E-state index is -0.248. The molecule has 0 bridgehead atoms. The number of hydrazone groups is 1. The number of carbonyl (C=O) groups is 1. The van der Waals surface area contributed by atoms with Crippen molar-refractivity contribution in [3.8, 4) is 0 Å². The van der Waals surface area contributed by atoms with Gasteiger partial charge in [0.05, 0.1) is 11.4 Å². The molecule has 0 aliphatic heterocycles. The SMILES string of the molecule is CC(=NNC(=O)c1ccc(CSc2ccc(Cl)cc2)cc1)c1ccccn1. The summed E-state index contributed by atoms with van der Waals surface area (Å²) in [6.45, 7) is 1.81. The lowest BCUT2D eigenvalue weighted by atomic mass is 10.1. The van der Waals surface area contributed by atoms with Crippen LogP contribution in [0.5, 0.6) is 0 Å². The van der Waals surface area contributed by atoms with Crippen molar-refractivity contribution < 1.29 is 4.79 Å². The summed E-state index contributed by atoms with van der Waals surface area (Å²) in [6.07, 6.45) is 1.69. The highest BCUT2D eigenvalue weighted by Crippen LogP contribution is 2.24. The third-order valence-corrected chi connectivity index (χ3v) is 5.13. The molecule has 0 atom stereocenters. The Hall–Kier alpha value is -2.63. The van der Waals surface area contributed by atoms with Gasteiger partial charge < -0.3 is 0 Å². The van der Waals surface area contributed by atoms with Crippen molar-refractivity contribution in [3.63, 3.8) is 0 Å². The fourth-order valence-electron chi connectivity index (χ4n) is 2.28. The number of hydrogen-bond acceptors (Lipinski definition) is 4. The van der Waals surface area contributed by atoms with Crippen LogP contribution in [0.2, 0.25) is 5.02 Å². The molecule has 0 fully saturated rings. The summed E-state index contributed by atoms with van der Waals surface area (Å²) in [5, 5.41) is 4.85. The van der Waals surface area contributed by atoms with Crippen LogP contribution in [-0.2, 0) is 5.75 Å². The van der Waals surface area contributed by atoms with Crippen LogP contribution < -0.4 is 5.43 Å². The standard InChI is InChI=1S/C21H18ClN3OS/c1-15(20-4-2-3-13-23-20)24-25-21(26)17-7-5-16(6-8-17)14-27-19-11-9-18(22)10-12-19/h2-13H,14H2,1H3,(H,25,26). The van der Waals surface area contributed by atoms with Crippen molar-refractivity contribution >= 4 is 35.0 Å². The molecule has 27 heavy (non-hydrogen) atoms. The topological polar surface area (TPSA) is 54.4 Å². The first-order valence-corrected chi connectivity index (χ1v) is 9.71. The molecule has 4 nitrogen and oxygen atoms in total. The number of nitrogens with one attached hydrogen (secondary N) is 1. The first-order valence-electron chi connectivity index (χ1n) is 8.35. The maximum absolute atomic E-state index is 12.2. The van der Waals surface area contributed by atoms with Crippen LogP contribution in [0.4, 0.5) is 0 Å². The smallest absolute Gasteiger partial charge is 0.267 e. The number of halogens is 1. The maximum atomic E-state index is 12.2.